The maximum Gasteiger partial charge on any atom is 0.148 e. The fourth-order valence-electron chi connectivity index (χ4n) is 4.41. The van der Waals surface area contributed by atoms with Crippen LogP contribution in [0.15, 0.2) is 61.1 Å². The molecule has 2 atom stereocenters. The van der Waals surface area contributed by atoms with Crippen LogP contribution in [-0.4, -0.2) is 39.7 Å². The molecule has 0 amide bonds. The number of hydrogen-bond acceptors (Lipinski definition) is 5. The number of halogens is 1. The zero-order valence-corrected chi connectivity index (χ0v) is 18.0. The van der Waals surface area contributed by atoms with Gasteiger partial charge in [0.25, 0.3) is 0 Å². The molecular weight excluding hydrogens is 403 g/mol. The molecule has 0 saturated carbocycles. The first kappa shape index (κ1) is 20.2. The first-order valence-electron chi connectivity index (χ1n) is 10.7. The van der Waals surface area contributed by atoms with Gasteiger partial charge in [-0.05, 0) is 38.1 Å². The second-order valence-electron chi connectivity index (χ2n) is 8.25. The molecule has 1 aliphatic rings. The third-order valence-corrected chi connectivity index (χ3v) is 6.02. The van der Waals surface area contributed by atoms with E-state index in [4.69, 9.17) is 0 Å². The fraction of sp³-hybridized carbons (Fsp3) is 0.240. The van der Waals surface area contributed by atoms with Crippen LogP contribution in [0, 0.1) is 17.1 Å². The van der Waals surface area contributed by atoms with Crippen molar-refractivity contribution in [1.82, 2.24) is 19.9 Å². The van der Waals surface area contributed by atoms with E-state index < -0.39 is 0 Å². The molecule has 7 heteroatoms. The van der Waals surface area contributed by atoms with E-state index in [1.54, 1.807) is 36.7 Å². The number of nitriles is 1. The molecule has 1 aliphatic heterocycles. The van der Waals surface area contributed by atoms with Gasteiger partial charge in [-0.25, -0.2) is 14.4 Å². The highest BCUT2D eigenvalue weighted by atomic mass is 19.1. The van der Waals surface area contributed by atoms with Crippen molar-refractivity contribution in [2.75, 3.05) is 18.0 Å². The van der Waals surface area contributed by atoms with E-state index in [0.29, 0.717) is 28.6 Å². The van der Waals surface area contributed by atoms with Gasteiger partial charge in [0, 0.05) is 54.9 Å². The van der Waals surface area contributed by atoms with Crippen molar-refractivity contribution < 1.29 is 4.39 Å². The zero-order valence-electron chi connectivity index (χ0n) is 18.0. The number of nitrogens with zero attached hydrogens (tertiary/aromatic N) is 5. The van der Waals surface area contributed by atoms with Gasteiger partial charge in [-0.15, -0.1) is 0 Å². The molecule has 0 bridgehead atoms. The van der Waals surface area contributed by atoms with Gasteiger partial charge in [-0.1, -0.05) is 18.2 Å². The van der Waals surface area contributed by atoms with Crippen LogP contribution < -0.4 is 10.2 Å². The number of fused-ring (bicyclic) bond motifs is 1. The van der Waals surface area contributed by atoms with E-state index in [0.717, 1.165) is 29.7 Å². The van der Waals surface area contributed by atoms with Crippen LogP contribution in [-0.2, 0) is 0 Å². The molecular formula is C25H23FN6. The molecule has 0 unspecified atom stereocenters. The molecule has 6 nitrogen and oxygen atoms in total. The minimum absolute atomic E-state index is 0.272. The number of benzene rings is 1. The first-order chi connectivity index (χ1) is 15.6. The molecule has 1 fully saturated rings. The van der Waals surface area contributed by atoms with Gasteiger partial charge in [-0.3, -0.25) is 4.57 Å². The fourth-order valence-corrected chi connectivity index (χ4v) is 4.41. The number of piperazine rings is 1. The second-order valence-corrected chi connectivity index (χ2v) is 8.25. The summed E-state index contributed by atoms with van der Waals surface area (Å²) in [5.74, 6) is 0.282. The summed E-state index contributed by atoms with van der Waals surface area (Å²) in [5.41, 5.74) is 3.47. The van der Waals surface area contributed by atoms with Crippen LogP contribution >= 0.6 is 0 Å². The molecule has 1 N–H and O–H groups in total. The number of pyridine rings is 2. The van der Waals surface area contributed by atoms with Crippen molar-refractivity contribution >= 4 is 16.7 Å². The number of anilines is 1. The van der Waals surface area contributed by atoms with E-state index in [1.807, 2.05) is 22.9 Å². The average molecular weight is 426 g/mol. The molecule has 0 spiro atoms. The molecule has 3 aromatic heterocycles. The Hall–Kier alpha value is -3.76. The van der Waals surface area contributed by atoms with Crippen LogP contribution in [0.4, 0.5) is 10.1 Å². The lowest BCUT2D eigenvalue weighted by molar-refractivity contribution is 0.426. The van der Waals surface area contributed by atoms with Crippen LogP contribution in [0.5, 0.6) is 0 Å². The maximum absolute atomic E-state index is 14.9. The Bertz CT molecular complexity index is 1340. The van der Waals surface area contributed by atoms with Gasteiger partial charge < -0.3 is 10.2 Å². The van der Waals surface area contributed by atoms with Crippen LogP contribution in [0.2, 0.25) is 0 Å². The molecule has 1 saturated heterocycles. The van der Waals surface area contributed by atoms with Crippen LogP contribution in [0.25, 0.3) is 28.0 Å². The number of nitrogens with one attached hydrogen (secondary N) is 1. The van der Waals surface area contributed by atoms with Gasteiger partial charge in [0.1, 0.15) is 17.3 Å². The lowest BCUT2D eigenvalue weighted by Gasteiger charge is -2.39. The molecule has 32 heavy (non-hydrogen) atoms. The van der Waals surface area contributed by atoms with Crippen LogP contribution in [0.3, 0.4) is 0 Å². The molecule has 0 radical (unpaired) electrons. The summed E-state index contributed by atoms with van der Waals surface area (Å²) in [7, 11) is 0. The molecule has 5 rings (SSSR count). The number of hydrogen-bond donors (Lipinski definition) is 1. The zero-order chi connectivity index (χ0) is 22.2. The Morgan fingerprint density at radius 3 is 2.72 bits per heavy atom. The quantitative estimate of drug-likeness (QED) is 0.529. The summed E-state index contributed by atoms with van der Waals surface area (Å²) in [6, 6.07) is 14.9. The molecule has 1 aromatic carbocycles. The van der Waals surface area contributed by atoms with Crippen molar-refractivity contribution in [2.24, 2.45) is 0 Å². The summed E-state index contributed by atoms with van der Waals surface area (Å²) in [6.07, 6.45) is 5.26. The Kier molecular flexibility index (Phi) is 5.08. The number of rotatable bonds is 3. The van der Waals surface area contributed by atoms with E-state index >= 15 is 0 Å². The Balaban J connectivity index is 1.81. The van der Waals surface area contributed by atoms with Gasteiger partial charge in [0.05, 0.1) is 22.7 Å². The van der Waals surface area contributed by atoms with Crippen molar-refractivity contribution in [1.29, 1.82) is 5.26 Å². The average Bonchev–Trinajstić information content (AvgIpc) is 3.21. The first-order valence-corrected chi connectivity index (χ1v) is 10.7. The summed E-state index contributed by atoms with van der Waals surface area (Å²) < 4.78 is 16.8. The van der Waals surface area contributed by atoms with Gasteiger partial charge in [0.2, 0.25) is 0 Å². The lowest BCUT2D eigenvalue weighted by atomic mass is 10.0. The van der Waals surface area contributed by atoms with Crippen LogP contribution in [0.1, 0.15) is 19.4 Å². The third kappa shape index (κ3) is 3.39. The van der Waals surface area contributed by atoms with E-state index in [2.05, 4.69) is 40.1 Å². The lowest BCUT2D eigenvalue weighted by Crippen LogP contribution is -2.54. The minimum Gasteiger partial charge on any atom is -0.365 e. The van der Waals surface area contributed by atoms with Crippen molar-refractivity contribution in [3.05, 3.63) is 72.4 Å². The highest BCUT2D eigenvalue weighted by Gasteiger charge is 2.27. The minimum atomic E-state index is -0.290. The summed E-state index contributed by atoms with van der Waals surface area (Å²) in [5, 5.41) is 13.7. The predicted molar refractivity (Wildman–Crippen MR) is 123 cm³/mol. The molecule has 4 aromatic rings. The summed E-state index contributed by atoms with van der Waals surface area (Å²) in [6.45, 7) is 6.05. The Labute approximate surface area is 186 Å². The van der Waals surface area contributed by atoms with E-state index in [9.17, 15) is 9.65 Å². The Morgan fingerprint density at radius 1 is 1.09 bits per heavy atom. The van der Waals surface area contributed by atoms with Crippen molar-refractivity contribution in [3.8, 4) is 23.0 Å². The SMILES string of the molecule is C[C@@H]1CN(c2ccnc3c2c(-c2ccccc2F)cn3-c2cc(C#N)ccn2)[C@@H](C)CN1. The Morgan fingerprint density at radius 2 is 1.91 bits per heavy atom. The standard InChI is InChI=1S/C25H23FN6/c1-16-14-31(17(2)13-30-16)22-8-10-29-25-24(22)20(19-5-3-4-6-21(19)26)15-32(25)23-11-18(12-27)7-9-28-23/h3-11,15-17,30H,13-14H2,1-2H3/t16-,17+/m1/s1. The topological polar surface area (TPSA) is 69.8 Å². The maximum atomic E-state index is 14.9. The smallest absolute Gasteiger partial charge is 0.148 e. The molecule has 4 heterocycles. The summed E-state index contributed by atoms with van der Waals surface area (Å²) >= 11 is 0. The van der Waals surface area contributed by atoms with Gasteiger partial charge in [0.15, 0.2) is 0 Å². The van der Waals surface area contributed by atoms with Gasteiger partial charge in [-0.2, -0.15) is 5.26 Å². The van der Waals surface area contributed by atoms with Crippen molar-refractivity contribution in [3.63, 3.8) is 0 Å². The largest absolute Gasteiger partial charge is 0.365 e. The predicted octanol–water partition coefficient (Wildman–Crippen LogP) is 4.28. The monoisotopic (exact) mass is 426 g/mol. The number of aromatic nitrogens is 3. The van der Waals surface area contributed by atoms with Crippen molar-refractivity contribution in [2.45, 2.75) is 25.9 Å². The van der Waals surface area contributed by atoms with E-state index in [-0.39, 0.29) is 11.9 Å². The second kappa shape index (κ2) is 8.06. The highest BCUT2D eigenvalue weighted by molar-refractivity contribution is 6.03. The molecule has 0 aliphatic carbocycles. The normalized spacial score (nSPS) is 18.6. The summed E-state index contributed by atoms with van der Waals surface area (Å²) in [4.78, 5) is 11.5. The highest BCUT2D eigenvalue weighted by Crippen LogP contribution is 2.39. The van der Waals surface area contributed by atoms with Gasteiger partial charge >= 0.3 is 0 Å². The third-order valence-electron chi connectivity index (χ3n) is 6.02. The molecule has 160 valence electrons. The van der Waals surface area contributed by atoms with E-state index in [1.165, 1.54) is 6.07 Å².